The number of rotatable bonds is 5. The molecule has 2 rings (SSSR count). The van der Waals surface area contributed by atoms with Crippen LogP contribution < -0.4 is 10.2 Å². The van der Waals surface area contributed by atoms with Gasteiger partial charge in [-0.1, -0.05) is 18.2 Å². The average molecular weight is 291 g/mol. The first-order valence-electron chi connectivity index (χ1n) is 7.17. The quantitative estimate of drug-likeness (QED) is 0.843. The van der Waals surface area contributed by atoms with Gasteiger partial charge in [0.15, 0.2) is 0 Å². The van der Waals surface area contributed by atoms with Crippen molar-refractivity contribution in [3.05, 3.63) is 30.3 Å². The van der Waals surface area contributed by atoms with Crippen LogP contribution in [0, 0.1) is 0 Å². The number of amides is 3. The molecular formula is C15H21N3O3. The molecule has 0 saturated carbocycles. The van der Waals surface area contributed by atoms with E-state index in [2.05, 4.69) is 5.32 Å². The van der Waals surface area contributed by atoms with E-state index in [1.54, 1.807) is 4.90 Å². The summed E-state index contributed by atoms with van der Waals surface area (Å²) in [5.41, 5.74) is 0.849. The van der Waals surface area contributed by atoms with Gasteiger partial charge in [-0.2, -0.15) is 0 Å². The van der Waals surface area contributed by atoms with Gasteiger partial charge < -0.3 is 20.2 Å². The zero-order valence-corrected chi connectivity index (χ0v) is 12.2. The summed E-state index contributed by atoms with van der Waals surface area (Å²) in [6, 6.07) is 9.00. The van der Waals surface area contributed by atoms with Gasteiger partial charge in [0.05, 0.1) is 12.6 Å². The van der Waals surface area contributed by atoms with Crippen molar-refractivity contribution in [3.63, 3.8) is 0 Å². The van der Waals surface area contributed by atoms with Crippen LogP contribution >= 0.6 is 0 Å². The van der Waals surface area contributed by atoms with Crippen LogP contribution in [0.2, 0.25) is 0 Å². The maximum absolute atomic E-state index is 12.1. The fraction of sp³-hybridized carbons (Fsp3) is 0.467. The smallest absolute Gasteiger partial charge is 0.317 e. The third-order valence-corrected chi connectivity index (χ3v) is 3.56. The van der Waals surface area contributed by atoms with Gasteiger partial charge in [-0.3, -0.25) is 4.79 Å². The molecule has 6 nitrogen and oxygen atoms in total. The van der Waals surface area contributed by atoms with Crippen molar-refractivity contribution < 1.29 is 14.7 Å². The molecule has 1 aliphatic heterocycles. The van der Waals surface area contributed by atoms with Gasteiger partial charge >= 0.3 is 6.03 Å². The number of hydrogen-bond acceptors (Lipinski definition) is 3. The maximum atomic E-state index is 12.1. The second-order valence-electron chi connectivity index (χ2n) is 4.99. The van der Waals surface area contributed by atoms with Crippen LogP contribution in [0.15, 0.2) is 30.3 Å². The van der Waals surface area contributed by atoms with Gasteiger partial charge in [0.1, 0.15) is 0 Å². The zero-order valence-electron chi connectivity index (χ0n) is 12.2. The number of nitrogens with zero attached hydrogens (tertiary/aromatic N) is 2. The van der Waals surface area contributed by atoms with Crippen molar-refractivity contribution >= 4 is 17.6 Å². The first-order valence-corrected chi connectivity index (χ1v) is 7.17. The molecule has 1 atom stereocenters. The number of carbonyl (C=O) groups excluding carboxylic acids is 2. The summed E-state index contributed by atoms with van der Waals surface area (Å²) in [7, 11) is 0. The van der Waals surface area contributed by atoms with Crippen molar-refractivity contribution in [2.45, 2.75) is 19.4 Å². The van der Waals surface area contributed by atoms with E-state index in [9.17, 15) is 9.59 Å². The largest absolute Gasteiger partial charge is 0.395 e. The minimum Gasteiger partial charge on any atom is -0.395 e. The minimum absolute atomic E-state index is 0.0108. The molecule has 0 bridgehead atoms. The van der Waals surface area contributed by atoms with Gasteiger partial charge in [-0.25, -0.2) is 4.79 Å². The molecule has 0 spiro atoms. The van der Waals surface area contributed by atoms with E-state index in [-0.39, 0.29) is 24.6 Å². The monoisotopic (exact) mass is 291 g/mol. The van der Waals surface area contributed by atoms with E-state index in [0.29, 0.717) is 26.1 Å². The number of likely N-dealkylation sites (N-methyl/N-ethyl adjacent to an activating group) is 1. The molecule has 114 valence electrons. The summed E-state index contributed by atoms with van der Waals surface area (Å²) >= 11 is 0. The predicted octanol–water partition coefficient (Wildman–Crippen LogP) is 0.816. The van der Waals surface area contributed by atoms with Gasteiger partial charge in [-0.05, 0) is 19.1 Å². The Balaban J connectivity index is 1.95. The van der Waals surface area contributed by atoms with Crippen LogP contribution in [0.25, 0.3) is 0 Å². The van der Waals surface area contributed by atoms with Crippen LogP contribution in [0.3, 0.4) is 0 Å². The Morgan fingerprint density at radius 1 is 1.43 bits per heavy atom. The fourth-order valence-electron chi connectivity index (χ4n) is 2.45. The fourth-order valence-corrected chi connectivity index (χ4v) is 2.45. The van der Waals surface area contributed by atoms with E-state index in [0.717, 1.165) is 5.69 Å². The lowest BCUT2D eigenvalue weighted by atomic mass is 10.2. The molecule has 1 aliphatic rings. The second-order valence-corrected chi connectivity index (χ2v) is 4.99. The first-order chi connectivity index (χ1) is 10.2. The van der Waals surface area contributed by atoms with Gasteiger partial charge in [0.25, 0.3) is 0 Å². The Labute approximate surface area is 124 Å². The molecule has 0 aromatic heterocycles. The van der Waals surface area contributed by atoms with Gasteiger partial charge in [0, 0.05) is 31.7 Å². The first kappa shape index (κ1) is 15.3. The molecule has 1 fully saturated rings. The molecule has 1 saturated heterocycles. The van der Waals surface area contributed by atoms with E-state index in [1.807, 2.05) is 37.3 Å². The highest BCUT2D eigenvalue weighted by atomic mass is 16.3. The van der Waals surface area contributed by atoms with E-state index < -0.39 is 0 Å². The molecule has 3 amide bonds. The molecule has 1 aromatic rings. The molecular weight excluding hydrogens is 270 g/mol. The predicted molar refractivity (Wildman–Crippen MR) is 80.1 cm³/mol. The number of carbonyl (C=O) groups is 2. The third-order valence-electron chi connectivity index (χ3n) is 3.56. The highest BCUT2D eigenvalue weighted by Crippen LogP contribution is 2.21. The number of aliphatic hydroxyl groups excluding tert-OH is 1. The highest BCUT2D eigenvalue weighted by molar-refractivity contribution is 5.96. The highest BCUT2D eigenvalue weighted by Gasteiger charge is 2.32. The summed E-state index contributed by atoms with van der Waals surface area (Å²) in [4.78, 5) is 27.3. The van der Waals surface area contributed by atoms with Gasteiger partial charge in [-0.15, -0.1) is 0 Å². The van der Waals surface area contributed by atoms with E-state index >= 15 is 0 Å². The molecule has 21 heavy (non-hydrogen) atoms. The molecule has 0 unspecified atom stereocenters. The summed E-state index contributed by atoms with van der Waals surface area (Å²) < 4.78 is 0. The number of benzene rings is 1. The van der Waals surface area contributed by atoms with Crippen molar-refractivity contribution in [3.8, 4) is 0 Å². The SMILES string of the molecule is CCN(CCO)C(=O)N[C@H]1CC(=O)N(c2ccccc2)C1. The zero-order chi connectivity index (χ0) is 15.2. The van der Waals surface area contributed by atoms with Gasteiger partial charge in [0.2, 0.25) is 5.91 Å². The van der Waals surface area contributed by atoms with E-state index in [4.69, 9.17) is 5.11 Å². The second kappa shape index (κ2) is 7.08. The Morgan fingerprint density at radius 3 is 2.76 bits per heavy atom. The number of aliphatic hydroxyl groups is 1. The summed E-state index contributed by atoms with van der Waals surface area (Å²) in [6.07, 6.45) is 0.303. The number of para-hydroxylation sites is 1. The number of nitrogens with one attached hydrogen (secondary N) is 1. The molecule has 2 N–H and O–H groups in total. The lowest BCUT2D eigenvalue weighted by Gasteiger charge is -2.23. The van der Waals surface area contributed by atoms with Crippen LogP contribution in [0.5, 0.6) is 0 Å². The summed E-state index contributed by atoms with van der Waals surface area (Å²) in [5.74, 6) is 0.0108. The molecule has 1 aromatic carbocycles. The average Bonchev–Trinajstić information content (AvgIpc) is 2.86. The summed E-state index contributed by atoms with van der Waals surface area (Å²) in [6.45, 7) is 3.08. The van der Waals surface area contributed by atoms with Crippen LogP contribution in [0.4, 0.5) is 10.5 Å². The molecule has 1 heterocycles. The molecule has 0 aliphatic carbocycles. The topological polar surface area (TPSA) is 72.9 Å². The van der Waals surface area contributed by atoms with E-state index in [1.165, 1.54) is 4.90 Å². The molecule has 6 heteroatoms. The lowest BCUT2D eigenvalue weighted by molar-refractivity contribution is -0.117. The van der Waals surface area contributed by atoms with Crippen molar-refractivity contribution in [1.29, 1.82) is 0 Å². The number of anilines is 1. The maximum Gasteiger partial charge on any atom is 0.317 e. The molecule has 0 radical (unpaired) electrons. The lowest BCUT2D eigenvalue weighted by Crippen LogP contribution is -2.46. The van der Waals surface area contributed by atoms with Crippen molar-refractivity contribution in [2.24, 2.45) is 0 Å². The van der Waals surface area contributed by atoms with Crippen LogP contribution in [-0.4, -0.2) is 54.2 Å². The van der Waals surface area contributed by atoms with Crippen LogP contribution in [-0.2, 0) is 4.79 Å². The minimum atomic E-state index is -0.237. The van der Waals surface area contributed by atoms with Crippen molar-refractivity contribution in [2.75, 3.05) is 31.1 Å². The number of hydrogen-bond donors (Lipinski definition) is 2. The standard InChI is InChI=1S/C15H21N3O3/c1-2-17(8-9-19)15(21)16-12-10-14(20)18(11-12)13-6-4-3-5-7-13/h3-7,12,19H,2,8-11H2,1H3,(H,16,21)/t12-/m0/s1. The van der Waals surface area contributed by atoms with Crippen molar-refractivity contribution in [1.82, 2.24) is 10.2 Å². The van der Waals surface area contributed by atoms with Crippen LogP contribution in [0.1, 0.15) is 13.3 Å². The summed E-state index contributed by atoms with van der Waals surface area (Å²) in [5, 5.41) is 11.8. The third kappa shape index (κ3) is 3.72. The number of urea groups is 1. The Morgan fingerprint density at radius 2 is 2.14 bits per heavy atom. The Kier molecular flexibility index (Phi) is 5.16. The normalized spacial score (nSPS) is 17.9. The Bertz CT molecular complexity index is 492. The Hall–Kier alpha value is -2.08.